The Morgan fingerprint density at radius 2 is 1.94 bits per heavy atom. The van der Waals surface area contributed by atoms with E-state index in [1.54, 1.807) is 13.4 Å². The molecule has 7 nitrogen and oxygen atoms in total. The summed E-state index contributed by atoms with van der Waals surface area (Å²) in [6.45, 7) is 7.33. The van der Waals surface area contributed by atoms with Crippen LogP contribution in [0.5, 0.6) is 5.75 Å². The number of hydrogen-bond acceptors (Lipinski definition) is 6. The van der Waals surface area contributed by atoms with Gasteiger partial charge in [-0.15, -0.1) is 0 Å². The number of morpholine rings is 1. The summed E-state index contributed by atoms with van der Waals surface area (Å²) in [6.07, 6.45) is 5.72. The molecule has 2 aliphatic rings. The molecule has 32 heavy (non-hydrogen) atoms. The number of methoxy groups -OCH3 is 1. The summed E-state index contributed by atoms with van der Waals surface area (Å²) in [7, 11) is 1.67. The molecule has 5 rings (SSSR count). The summed E-state index contributed by atoms with van der Waals surface area (Å²) >= 11 is 0. The van der Waals surface area contributed by atoms with Gasteiger partial charge in [0.2, 0.25) is 11.6 Å². The van der Waals surface area contributed by atoms with E-state index in [9.17, 15) is 0 Å². The number of oxime groups is 1. The largest absolute Gasteiger partial charge is 0.495 e. The number of fused-ring (bicyclic) bond motifs is 1. The van der Waals surface area contributed by atoms with E-state index in [0.29, 0.717) is 24.7 Å². The number of ether oxygens (including phenoxy) is 2. The Hall–Kier alpha value is -3.74. The number of benzene rings is 2. The lowest BCUT2D eigenvalue weighted by Gasteiger charge is -2.37. The Labute approximate surface area is 187 Å². The highest BCUT2D eigenvalue weighted by Crippen LogP contribution is 2.38. The molecule has 1 saturated heterocycles. The van der Waals surface area contributed by atoms with Crippen LogP contribution >= 0.6 is 0 Å². The van der Waals surface area contributed by atoms with Gasteiger partial charge in [0.15, 0.2) is 5.76 Å². The maximum absolute atomic E-state index is 5.99. The van der Waals surface area contributed by atoms with Crippen LogP contribution in [0.15, 0.2) is 65.9 Å². The van der Waals surface area contributed by atoms with Gasteiger partial charge in [-0.1, -0.05) is 41.1 Å². The van der Waals surface area contributed by atoms with E-state index >= 15 is 0 Å². The monoisotopic (exact) mass is 430 g/mol. The van der Waals surface area contributed by atoms with Crippen LogP contribution in [0.3, 0.4) is 0 Å². The fourth-order valence-electron chi connectivity index (χ4n) is 4.12. The molecule has 7 heteroatoms. The molecular weight excluding hydrogens is 404 g/mol. The summed E-state index contributed by atoms with van der Waals surface area (Å²) in [4.78, 5) is 12.4. The van der Waals surface area contributed by atoms with Gasteiger partial charge < -0.3 is 23.8 Å². The lowest BCUT2D eigenvalue weighted by Crippen LogP contribution is -2.48. The van der Waals surface area contributed by atoms with Crippen molar-refractivity contribution < 1.29 is 14.3 Å². The van der Waals surface area contributed by atoms with Crippen molar-refractivity contribution in [3.8, 4) is 11.4 Å². The van der Waals surface area contributed by atoms with E-state index in [4.69, 9.17) is 14.3 Å². The molecule has 3 aromatic rings. The molecule has 1 aromatic heterocycles. The Morgan fingerprint density at radius 1 is 1.12 bits per heavy atom. The Morgan fingerprint density at radius 3 is 2.66 bits per heavy atom. The van der Waals surface area contributed by atoms with Crippen molar-refractivity contribution in [1.82, 2.24) is 14.5 Å². The van der Waals surface area contributed by atoms with Gasteiger partial charge in [-0.05, 0) is 37.6 Å². The Kier molecular flexibility index (Phi) is 4.89. The first-order valence-electron chi connectivity index (χ1n) is 10.6. The average Bonchev–Trinajstić information content (AvgIpc) is 3.39. The summed E-state index contributed by atoms with van der Waals surface area (Å²) in [5.41, 5.74) is 4.44. The van der Waals surface area contributed by atoms with Gasteiger partial charge in [0, 0.05) is 18.7 Å². The number of imidazole rings is 1. The molecule has 1 fully saturated rings. The molecule has 3 heterocycles. The second-order valence-corrected chi connectivity index (χ2v) is 8.22. The van der Waals surface area contributed by atoms with Gasteiger partial charge in [0.1, 0.15) is 12.4 Å². The topological polar surface area (TPSA) is 61.1 Å². The third-order valence-electron chi connectivity index (χ3n) is 5.95. The van der Waals surface area contributed by atoms with E-state index in [1.807, 2.05) is 48.9 Å². The fourth-order valence-corrected chi connectivity index (χ4v) is 4.12. The fraction of sp³-hybridized carbons (Fsp3) is 0.280. The smallest absolute Gasteiger partial charge is 0.234 e. The van der Waals surface area contributed by atoms with Crippen LogP contribution in [0.1, 0.15) is 29.3 Å². The first-order chi connectivity index (χ1) is 15.5. The van der Waals surface area contributed by atoms with E-state index in [0.717, 1.165) is 28.3 Å². The van der Waals surface area contributed by atoms with E-state index < -0.39 is 5.72 Å². The second-order valence-electron chi connectivity index (χ2n) is 8.22. The maximum Gasteiger partial charge on any atom is 0.234 e. The van der Waals surface area contributed by atoms with Crippen molar-refractivity contribution >= 4 is 11.9 Å². The molecule has 1 atom stereocenters. The van der Waals surface area contributed by atoms with Crippen molar-refractivity contribution in [2.24, 2.45) is 5.16 Å². The Balaban J connectivity index is 1.45. The number of aromatic nitrogens is 2. The van der Waals surface area contributed by atoms with Gasteiger partial charge >= 0.3 is 0 Å². The van der Waals surface area contributed by atoms with Crippen LogP contribution in [0.2, 0.25) is 0 Å². The van der Waals surface area contributed by atoms with E-state index in [2.05, 4.69) is 46.2 Å². The summed E-state index contributed by atoms with van der Waals surface area (Å²) in [5.74, 6) is 2.13. The Bertz CT molecular complexity index is 1210. The number of aryl methyl sites for hydroxylation is 2. The van der Waals surface area contributed by atoms with Crippen LogP contribution in [-0.4, -0.2) is 40.5 Å². The lowest BCUT2D eigenvalue weighted by atomic mass is 10.0. The lowest BCUT2D eigenvalue weighted by molar-refractivity contribution is -0.0967. The molecule has 0 spiro atoms. The molecular formula is C25H26N4O3. The molecule has 0 unspecified atom stereocenters. The zero-order valence-corrected chi connectivity index (χ0v) is 18.7. The summed E-state index contributed by atoms with van der Waals surface area (Å²) < 4.78 is 13.6. The number of amidine groups is 1. The molecule has 164 valence electrons. The predicted octanol–water partition coefficient (Wildman–Crippen LogP) is 4.39. The van der Waals surface area contributed by atoms with Crippen molar-refractivity contribution in [3.05, 3.63) is 83.1 Å². The van der Waals surface area contributed by atoms with Gasteiger partial charge in [-0.25, -0.2) is 4.98 Å². The van der Waals surface area contributed by atoms with Crippen LogP contribution in [-0.2, 0) is 15.3 Å². The van der Waals surface area contributed by atoms with Crippen molar-refractivity contribution in [1.29, 1.82) is 0 Å². The first-order valence-corrected chi connectivity index (χ1v) is 10.6. The summed E-state index contributed by atoms with van der Waals surface area (Å²) in [5, 5.41) is 4.40. The predicted molar refractivity (Wildman–Crippen MR) is 123 cm³/mol. The molecule has 0 amide bonds. The van der Waals surface area contributed by atoms with Gasteiger partial charge in [-0.3, -0.25) is 0 Å². The third-order valence-corrected chi connectivity index (χ3v) is 5.95. The molecule has 2 aliphatic heterocycles. The zero-order valence-electron chi connectivity index (χ0n) is 18.7. The van der Waals surface area contributed by atoms with E-state index in [1.165, 1.54) is 5.56 Å². The zero-order chi connectivity index (χ0) is 22.3. The highest BCUT2D eigenvalue weighted by molar-refractivity contribution is 6.01. The van der Waals surface area contributed by atoms with Gasteiger partial charge in [0.05, 0.1) is 31.4 Å². The first kappa shape index (κ1) is 20.2. The summed E-state index contributed by atoms with van der Waals surface area (Å²) in [6, 6.07) is 14.4. The number of nitrogens with zero attached hydrogens (tertiary/aromatic N) is 4. The minimum absolute atomic E-state index is 0.555. The maximum atomic E-state index is 5.99. The molecule has 0 aliphatic carbocycles. The van der Waals surface area contributed by atoms with Crippen LogP contribution in [0, 0.1) is 13.8 Å². The third kappa shape index (κ3) is 3.39. The molecule has 0 N–H and O–H groups in total. The number of hydrogen-bond donors (Lipinski definition) is 0. The standard InChI is InChI=1S/C25H26N4O3/c1-17-5-8-20(9-6-17)25(3)29-11-12-31-23(24(29)27-32-25)14-19-7-10-21(22(13-19)30-4)28-15-18(2)26-16-28/h5-10,13-16H,11-12H2,1-4H3/t25-/m1/s1. The van der Waals surface area contributed by atoms with Crippen molar-refractivity contribution in [2.45, 2.75) is 26.5 Å². The molecule has 0 bridgehead atoms. The van der Waals surface area contributed by atoms with Crippen molar-refractivity contribution in [2.75, 3.05) is 20.3 Å². The molecule has 0 radical (unpaired) electrons. The quantitative estimate of drug-likeness (QED) is 0.615. The van der Waals surface area contributed by atoms with Crippen LogP contribution < -0.4 is 4.74 Å². The van der Waals surface area contributed by atoms with Crippen LogP contribution in [0.25, 0.3) is 11.8 Å². The average molecular weight is 431 g/mol. The molecule has 2 aromatic carbocycles. The highest BCUT2D eigenvalue weighted by Gasteiger charge is 2.46. The minimum atomic E-state index is -0.660. The van der Waals surface area contributed by atoms with Gasteiger partial charge in [0.25, 0.3) is 0 Å². The minimum Gasteiger partial charge on any atom is -0.495 e. The van der Waals surface area contributed by atoms with Crippen LogP contribution in [0.4, 0.5) is 0 Å². The normalized spacial score (nSPS) is 21.1. The second kappa shape index (κ2) is 7.75. The number of rotatable bonds is 4. The SMILES string of the molecule is COc1cc(C=C2OCCN3C2=NO[C@]3(C)c2ccc(C)cc2)ccc1-n1cnc(C)c1. The molecule has 0 saturated carbocycles. The highest BCUT2D eigenvalue weighted by atomic mass is 16.7. The van der Waals surface area contributed by atoms with Gasteiger partial charge in [-0.2, -0.15) is 0 Å². The van der Waals surface area contributed by atoms with Crippen molar-refractivity contribution in [3.63, 3.8) is 0 Å². The van der Waals surface area contributed by atoms with E-state index in [-0.39, 0.29) is 0 Å².